The summed E-state index contributed by atoms with van der Waals surface area (Å²) in [5.41, 5.74) is 5.56. The van der Waals surface area contributed by atoms with Gasteiger partial charge in [0, 0.05) is 12.6 Å². The number of nitrogen functional groups attached to an aromatic ring is 1. The quantitative estimate of drug-likeness (QED) is 0.741. The fraction of sp³-hybridized carbons (Fsp3) is 0.400. The Morgan fingerprint density at radius 2 is 2.27 bits per heavy atom. The summed E-state index contributed by atoms with van der Waals surface area (Å²) in [6.07, 6.45) is 0.804. The summed E-state index contributed by atoms with van der Waals surface area (Å²) in [6, 6.07) is 3.47. The van der Waals surface area contributed by atoms with Crippen molar-refractivity contribution in [2.24, 2.45) is 0 Å². The number of rotatable bonds is 3. The summed E-state index contributed by atoms with van der Waals surface area (Å²) in [5, 5.41) is 8.51. The number of hydrogen-bond donors (Lipinski definition) is 2. The predicted octanol–water partition coefficient (Wildman–Crippen LogP) is 1.68. The van der Waals surface area contributed by atoms with Crippen molar-refractivity contribution in [1.29, 1.82) is 0 Å². The van der Waals surface area contributed by atoms with Crippen molar-refractivity contribution in [3.05, 3.63) is 23.9 Å². The highest BCUT2D eigenvalue weighted by Gasteiger charge is 2.23. The fourth-order valence-corrected chi connectivity index (χ4v) is 1.30. The summed E-state index contributed by atoms with van der Waals surface area (Å²) in [5.74, 6) is 0.440. The maximum atomic E-state index is 10.4. The molecule has 5 nitrogen and oxygen atoms in total. The van der Waals surface area contributed by atoms with Gasteiger partial charge in [-0.3, -0.25) is 0 Å². The average molecular weight is 210 g/mol. The second kappa shape index (κ2) is 4.16. The molecule has 0 aliphatic rings. The smallest absolute Gasteiger partial charge is 0.450 e. The van der Waals surface area contributed by atoms with Crippen LogP contribution < -0.4 is 5.73 Å². The van der Waals surface area contributed by atoms with Gasteiger partial charge in [-0.25, -0.2) is 9.78 Å². The van der Waals surface area contributed by atoms with E-state index in [0.29, 0.717) is 12.2 Å². The van der Waals surface area contributed by atoms with Gasteiger partial charge in [0.25, 0.3) is 0 Å². The molecule has 3 N–H and O–H groups in total. The van der Waals surface area contributed by atoms with Crippen LogP contribution in [-0.2, 0) is 11.2 Å². The number of aromatic nitrogens is 1. The zero-order valence-electron chi connectivity index (χ0n) is 8.73. The second-order valence-corrected chi connectivity index (χ2v) is 3.90. The van der Waals surface area contributed by atoms with E-state index >= 15 is 0 Å². The zero-order chi connectivity index (χ0) is 11.5. The Balaban J connectivity index is 2.68. The summed E-state index contributed by atoms with van der Waals surface area (Å²) >= 11 is 0. The molecule has 1 heterocycles. The molecule has 15 heavy (non-hydrogen) atoms. The highest BCUT2D eigenvalue weighted by molar-refractivity contribution is 5.57. The van der Waals surface area contributed by atoms with Gasteiger partial charge in [-0.15, -0.1) is 0 Å². The first-order chi connectivity index (χ1) is 6.89. The summed E-state index contributed by atoms with van der Waals surface area (Å²) < 4.78 is 4.73. The Morgan fingerprint density at radius 1 is 1.60 bits per heavy atom. The second-order valence-electron chi connectivity index (χ2n) is 3.90. The molecule has 0 radical (unpaired) electrons. The largest absolute Gasteiger partial charge is 0.506 e. The van der Waals surface area contributed by atoms with Crippen molar-refractivity contribution < 1.29 is 14.6 Å². The predicted molar refractivity (Wildman–Crippen MR) is 55.5 cm³/mol. The molecular formula is C10H14N2O3. The lowest BCUT2D eigenvalue weighted by molar-refractivity contribution is 0.00423. The lowest BCUT2D eigenvalue weighted by Crippen LogP contribution is -2.29. The van der Waals surface area contributed by atoms with E-state index in [1.807, 2.05) is 0 Å². The van der Waals surface area contributed by atoms with E-state index in [-0.39, 0.29) is 0 Å². The van der Waals surface area contributed by atoms with Gasteiger partial charge >= 0.3 is 6.16 Å². The van der Waals surface area contributed by atoms with E-state index in [1.165, 1.54) is 0 Å². The molecule has 0 amide bonds. The highest BCUT2D eigenvalue weighted by Crippen LogP contribution is 2.17. The van der Waals surface area contributed by atoms with Crippen molar-refractivity contribution in [3.63, 3.8) is 0 Å². The zero-order valence-corrected chi connectivity index (χ0v) is 8.73. The summed E-state index contributed by atoms with van der Waals surface area (Å²) in [7, 11) is 0. The number of nitrogens with zero attached hydrogens (tertiary/aromatic N) is 1. The van der Waals surface area contributed by atoms with Gasteiger partial charge in [0.05, 0.1) is 0 Å². The number of hydrogen-bond acceptors (Lipinski definition) is 4. The minimum absolute atomic E-state index is 0.440. The SMILES string of the molecule is CC(C)(Cc1ccc(N)nc1)OC(=O)O. The molecule has 0 saturated carbocycles. The van der Waals surface area contributed by atoms with Gasteiger partial charge in [0.15, 0.2) is 0 Å². The Morgan fingerprint density at radius 3 is 2.73 bits per heavy atom. The van der Waals surface area contributed by atoms with Crippen LogP contribution in [0.15, 0.2) is 18.3 Å². The molecule has 82 valence electrons. The number of anilines is 1. The van der Waals surface area contributed by atoms with E-state index in [2.05, 4.69) is 4.98 Å². The maximum absolute atomic E-state index is 10.4. The molecule has 0 saturated heterocycles. The summed E-state index contributed by atoms with van der Waals surface area (Å²) in [6.45, 7) is 3.41. The number of carboxylic acid groups (broad SMARTS) is 1. The third kappa shape index (κ3) is 3.84. The molecule has 0 fully saturated rings. The van der Waals surface area contributed by atoms with Gasteiger partial charge in [-0.2, -0.15) is 0 Å². The van der Waals surface area contributed by atoms with E-state index in [0.717, 1.165) is 5.56 Å². The minimum Gasteiger partial charge on any atom is -0.450 e. The Kier molecular flexibility index (Phi) is 3.14. The van der Waals surface area contributed by atoms with Crippen molar-refractivity contribution in [3.8, 4) is 0 Å². The standard InChI is InChI=1S/C10H14N2O3/c1-10(2,15-9(13)14)5-7-3-4-8(11)12-6-7/h3-4,6H,5H2,1-2H3,(H2,11,12)(H,13,14). The first kappa shape index (κ1) is 11.3. The maximum Gasteiger partial charge on any atom is 0.506 e. The molecule has 0 aliphatic carbocycles. The third-order valence-electron chi connectivity index (χ3n) is 1.84. The molecule has 0 bridgehead atoms. The van der Waals surface area contributed by atoms with Crippen LogP contribution in [0.5, 0.6) is 0 Å². The molecule has 1 aromatic rings. The molecule has 5 heteroatoms. The lowest BCUT2D eigenvalue weighted by atomic mass is 10.00. The van der Waals surface area contributed by atoms with E-state index in [1.54, 1.807) is 32.2 Å². The normalized spacial score (nSPS) is 11.1. The third-order valence-corrected chi connectivity index (χ3v) is 1.84. The van der Waals surface area contributed by atoms with Crippen LogP contribution in [0.2, 0.25) is 0 Å². The molecule has 1 rings (SSSR count). The van der Waals surface area contributed by atoms with Gasteiger partial charge in [-0.05, 0) is 25.5 Å². The van der Waals surface area contributed by atoms with Crippen LogP contribution >= 0.6 is 0 Å². The lowest BCUT2D eigenvalue weighted by Gasteiger charge is -2.22. The van der Waals surface area contributed by atoms with Gasteiger partial charge in [0.1, 0.15) is 11.4 Å². The van der Waals surface area contributed by atoms with Crippen LogP contribution in [0, 0.1) is 0 Å². The number of carbonyl (C=O) groups is 1. The highest BCUT2D eigenvalue weighted by atomic mass is 16.7. The molecule has 1 aromatic heterocycles. The minimum atomic E-state index is -1.27. The van der Waals surface area contributed by atoms with Crippen LogP contribution in [-0.4, -0.2) is 21.8 Å². The van der Waals surface area contributed by atoms with Gasteiger partial charge in [0.2, 0.25) is 0 Å². The van der Waals surface area contributed by atoms with Crippen molar-refractivity contribution in [1.82, 2.24) is 4.98 Å². The van der Waals surface area contributed by atoms with Crippen LogP contribution in [0.4, 0.5) is 10.6 Å². The topological polar surface area (TPSA) is 85.4 Å². The van der Waals surface area contributed by atoms with Crippen LogP contribution in [0.1, 0.15) is 19.4 Å². The number of ether oxygens (including phenoxy) is 1. The van der Waals surface area contributed by atoms with Crippen molar-refractivity contribution in [2.45, 2.75) is 25.9 Å². The van der Waals surface area contributed by atoms with E-state index in [9.17, 15) is 4.79 Å². The van der Waals surface area contributed by atoms with Crippen molar-refractivity contribution in [2.75, 3.05) is 5.73 Å². The first-order valence-corrected chi connectivity index (χ1v) is 4.51. The van der Waals surface area contributed by atoms with Crippen molar-refractivity contribution >= 4 is 12.0 Å². The number of nitrogens with two attached hydrogens (primary N) is 1. The van der Waals surface area contributed by atoms with Crippen LogP contribution in [0.25, 0.3) is 0 Å². The molecule has 0 aromatic carbocycles. The average Bonchev–Trinajstić information content (AvgIpc) is 2.06. The van der Waals surface area contributed by atoms with E-state index < -0.39 is 11.8 Å². The monoisotopic (exact) mass is 210 g/mol. The molecular weight excluding hydrogens is 196 g/mol. The fourth-order valence-electron chi connectivity index (χ4n) is 1.30. The molecule has 0 unspecified atom stereocenters. The Labute approximate surface area is 87.9 Å². The van der Waals surface area contributed by atoms with Gasteiger partial charge < -0.3 is 15.6 Å². The summed E-state index contributed by atoms with van der Waals surface area (Å²) in [4.78, 5) is 14.3. The van der Waals surface area contributed by atoms with Gasteiger partial charge in [-0.1, -0.05) is 6.07 Å². The number of pyridine rings is 1. The Bertz CT molecular complexity index is 346. The van der Waals surface area contributed by atoms with E-state index in [4.69, 9.17) is 15.6 Å². The van der Waals surface area contributed by atoms with Crippen LogP contribution in [0.3, 0.4) is 0 Å². The molecule has 0 atom stereocenters. The molecule has 0 spiro atoms. The first-order valence-electron chi connectivity index (χ1n) is 4.51. The Hall–Kier alpha value is -1.78. The molecule has 0 aliphatic heterocycles.